The molecule has 1 atom stereocenters. The first kappa shape index (κ1) is 17.6. The molecule has 0 spiro atoms. The molecule has 0 saturated carbocycles. The Balaban J connectivity index is 2.08. The van der Waals surface area contributed by atoms with E-state index >= 15 is 0 Å². The first-order valence-corrected chi connectivity index (χ1v) is 8.14. The van der Waals surface area contributed by atoms with Gasteiger partial charge >= 0.3 is 5.79 Å². The Morgan fingerprint density at radius 1 is 0.846 bits per heavy atom. The highest BCUT2D eigenvalue weighted by atomic mass is 16.7. The largest absolute Gasteiger partial charge is 0.450 e. The Morgan fingerprint density at radius 2 is 1.42 bits per heavy atom. The summed E-state index contributed by atoms with van der Waals surface area (Å²) in [5.74, 6) is -1.53. The molecule has 0 N–H and O–H groups in total. The first-order valence-electron chi connectivity index (χ1n) is 8.14. The standard InChI is InChI=1S/C22H18O4/c1-25-22(19-10-6-3-7-11-19,21(24)18-8-4-2-5-9-18)26-20-14-12-17(16-23)13-15-20/h2-16H,1H3. The SMILES string of the molecule is COC(Oc1ccc(C=O)cc1)(C(=O)c1ccccc1)c1ccccc1. The molecule has 26 heavy (non-hydrogen) atoms. The number of carbonyl (C=O) groups is 2. The van der Waals surface area contributed by atoms with Crippen LogP contribution in [-0.2, 0) is 10.5 Å². The molecule has 0 aliphatic rings. The molecule has 0 aliphatic heterocycles. The molecular weight excluding hydrogens is 328 g/mol. The highest BCUT2D eigenvalue weighted by Crippen LogP contribution is 2.33. The maximum absolute atomic E-state index is 13.3. The summed E-state index contributed by atoms with van der Waals surface area (Å²) in [6, 6.07) is 24.4. The molecular formula is C22H18O4. The number of carbonyl (C=O) groups excluding carboxylic acids is 2. The lowest BCUT2D eigenvalue weighted by Crippen LogP contribution is -2.43. The minimum absolute atomic E-state index is 0.314. The number of aldehydes is 1. The molecule has 0 saturated heterocycles. The van der Waals surface area contributed by atoms with E-state index in [0.717, 1.165) is 6.29 Å². The van der Waals surface area contributed by atoms with Crippen LogP contribution in [0.25, 0.3) is 0 Å². The van der Waals surface area contributed by atoms with Crippen LogP contribution in [0.4, 0.5) is 0 Å². The minimum atomic E-state index is -1.63. The Hall–Kier alpha value is -3.24. The van der Waals surface area contributed by atoms with Crippen molar-refractivity contribution in [1.82, 2.24) is 0 Å². The lowest BCUT2D eigenvalue weighted by molar-refractivity contribution is -0.134. The second-order valence-corrected chi connectivity index (χ2v) is 5.67. The molecule has 4 heteroatoms. The van der Waals surface area contributed by atoms with E-state index in [1.54, 1.807) is 60.7 Å². The second kappa shape index (κ2) is 7.76. The summed E-state index contributed by atoms with van der Waals surface area (Å²) < 4.78 is 11.7. The zero-order chi connectivity index (χ0) is 18.4. The molecule has 4 nitrogen and oxygen atoms in total. The lowest BCUT2D eigenvalue weighted by Gasteiger charge is -2.32. The summed E-state index contributed by atoms with van der Waals surface area (Å²) in [6.07, 6.45) is 0.750. The fourth-order valence-corrected chi connectivity index (χ4v) is 2.71. The number of hydrogen-bond donors (Lipinski definition) is 0. The van der Waals surface area contributed by atoms with Gasteiger partial charge in [0, 0.05) is 23.8 Å². The van der Waals surface area contributed by atoms with Crippen molar-refractivity contribution >= 4 is 12.1 Å². The van der Waals surface area contributed by atoms with E-state index in [-0.39, 0.29) is 5.78 Å². The lowest BCUT2D eigenvalue weighted by atomic mass is 9.95. The van der Waals surface area contributed by atoms with Crippen molar-refractivity contribution in [3.8, 4) is 5.75 Å². The number of ether oxygens (including phenoxy) is 2. The van der Waals surface area contributed by atoms with Gasteiger partial charge in [-0.3, -0.25) is 9.59 Å². The van der Waals surface area contributed by atoms with Crippen molar-refractivity contribution in [2.75, 3.05) is 7.11 Å². The third-order valence-corrected chi connectivity index (χ3v) is 4.05. The van der Waals surface area contributed by atoms with Crippen LogP contribution in [0.3, 0.4) is 0 Å². The van der Waals surface area contributed by atoms with E-state index in [0.29, 0.717) is 22.4 Å². The average molecular weight is 346 g/mol. The van der Waals surface area contributed by atoms with E-state index in [1.807, 2.05) is 24.3 Å². The number of benzene rings is 3. The Bertz CT molecular complexity index is 873. The van der Waals surface area contributed by atoms with Crippen LogP contribution in [-0.4, -0.2) is 19.2 Å². The van der Waals surface area contributed by atoms with Crippen LogP contribution in [0.5, 0.6) is 5.75 Å². The fourth-order valence-electron chi connectivity index (χ4n) is 2.71. The quantitative estimate of drug-likeness (QED) is 0.364. The zero-order valence-electron chi connectivity index (χ0n) is 14.3. The van der Waals surface area contributed by atoms with E-state index < -0.39 is 5.79 Å². The summed E-state index contributed by atoms with van der Waals surface area (Å²) in [7, 11) is 1.44. The van der Waals surface area contributed by atoms with Crippen LogP contribution in [0.1, 0.15) is 26.3 Å². The van der Waals surface area contributed by atoms with Gasteiger partial charge in [0.1, 0.15) is 12.0 Å². The third-order valence-electron chi connectivity index (χ3n) is 4.05. The van der Waals surface area contributed by atoms with E-state index in [1.165, 1.54) is 7.11 Å². The summed E-state index contributed by atoms with van der Waals surface area (Å²) in [4.78, 5) is 24.2. The Morgan fingerprint density at radius 3 is 1.96 bits per heavy atom. The van der Waals surface area contributed by atoms with Crippen LogP contribution < -0.4 is 4.74 Å². The number of rotatable bonds is 7. The molecule has 0 aliphatic carbocycles. The van der Waals surface area contributed by atoms with Crippen molar-refractivity contribution in [3.05, 3.63) is 102 Å². The smallest absolute Gasteiger partial charge is 0.302 e. The highest BCUT2D eigenvalue weighted by molar-refractivity contribution is 6.02. The van der Waals surface area contributed by atoms with Gasteiger partial charge in [0.25, 0.3) is 0 Å². The van der Waals surface area contributed by atoms with Crippen LogP contribution in [0.15, 0.2) is 84.9 Å². The van der Waals surface area contributed by atoms with Gasteiger partial charge in [0.15, 0.2) is 0 Å². The summed E-state index contributed by atoms with van der Waals surface area (Å²) in [6.45, 7) is 0. The van der Waals surface area contributed by atoms with Gasteiger partial charge in [-0.15, -0.1) is 0 Å². The van der Waals surface area contributed by atoms with E-state index in [4.69, 9.17) is 9.47 Å². The first-order chi connectivity index (χ1) is 12.7. The molecule has 3 aromatic rings. The van der Waals surface area contributed by atoms with Crippen molar-refractivity contribution in [2.24, 2.45) is 0 Å². The van der Waals surface area contributed by atoms with Gasteiger partial charge < -0.3 is 9.47 Å². The number of ketones is 1. The van der Waals surface area contributed by atoms with Gasteiger partial charge in [-0.05, 0) is 24.3 Å². The Kier molecular flexibility index (Phi) is 5.25. The molecule has 0 aromatic heterocycles. The maximum atomic E-state index is 13.3. The van der Waals surface area contributed by atoms with Crippen LogP contribution in [0.2, 0.25) is 0 Å². The third kappa shape index (κ3) is 3.41. The van der Waals surface area contributed by atoms with Crippen LogP contribution in [0, 0.1) is 0 Å². The van der Waals surface area contributed by atoms with Gasteiger partial charge in [-0.1, -0.05) is 60.7 Å². The van der Waals surface area contributed by atoms with Crippen molar-refractivity contribution < 1.29 is 19.1 Å². The van der Waals surface area contributed by atoms with Crippen LogP contribution >= 0.6 is 0 Å². The number of methoxy groups -OCH3 is 1. The monoisotopic (exact) mass is 346 g/mol. The number of hydrogen-bond acceptors (Lipinski definition) is 4. The molecule has 3 aromatic carbocycles. The van der Waals surface area contributed by atoms with E-state index in [9.17, 15) is 9.59 Å². The summed E-state index contributed by atoms with van der Waals surface area (Å²) in [5.41, 5.74) is 1.58. The predicted octanol–water partition coefficient (Wildman–Crippen LogP) is 4.26. The van der Waals surface area contributed by atoms with Crippen molar-refractivity contribution in [3.63, 3.8) is 0 Å². The minimum Gasteiger partial charge on any atom is -0.450 e. The Labute approximate surface area is 152 Å². The van der Waals surface area contributed by atoms with Gasteiger partial charge in [-0.25, -0.2) is 0 Å². The van der Waals surface area contributed by atoms with Gasteiger partial charge in [0.2, 0.25) is 5.78 Å². The topological polar surface area (TPSA) is 52.6 Å². The molecule has 0 radical (unpaired) electrons. The highest BCUT2D eigenvalue weighted by Gasteiger charge is 2.44. The van der Waals surface area contributed by atoms with Gasteiger partial charge in [-0.2, -0.15) is 0 Å². The van der Waals surface area contributed by atoms with Crippen molar-refractivity contribution in [2.45, 2.75) is 5.79 Å². The fraction of sp³-hybridized carbons (Fsp3) is 0.0909. The second-order valence-electron chi connectivity index (χ2n) is 5.67. The molecule has 0 fully saturated rings. The van der Waals surface area contributed by atoms with Gasteiger partial charge in [0.05, 0.1) is 0 Å². The number of Topliss-reactive ketones (excluding diaryl/α,β-unsaturated/α-hetero) is 1. The predicted molar refractivity (Wildman–Crippen MR) is 98.4 cm³/mol. The molecule has 0 heterocycles. The molecule has 0 amide bonds. The maximum Gasteiger partial charge on any atom is 0.302 e. The summed E-state index contributed by atoms with van der Waals surface area (Å²) in [5, 5.41) is 0. The average Bonchev–Trinajstić information content (AvgIpc) is 2.73. The van der Waals surface area contributed by atoms with E-state index in [2.05, 4.69) is 0 Å². The molecule has 3 rings (SSSR count). The molecule has 1 unspecified atom stereocenters. The zero-order valence-corrected chi connectivity index (χ0v) is 14.3. The summed E-state index contributed by atoms with van der Waals surface area (Å²) >= 11 is 0. The van der Waals surface area contributed by atoms with Crippen molar-refractivity contribution in [1.29, 1.82) is 0 Å². The normalized spacial score (nSPS) is 12.8. The molecule has 130 valence electrons. The molecule has 0 bridgehead atoms.